The zero-order valence-corrected chi connectivity index (χ0v) is 14.8. The highest BCUT2D eigenvalue weighted by atomic mass is 16.6. The summed E-state index contributed by atoms with van der Waals surface area (Å²) in [5.41, 5.74) is 2.67. The number of amides is 1. The SMILES string of the molecule is COC(=O)c1cc(NC(=O)c2n[nH]c3ccc([N+](=O)[O-])cc23)cc(C)c1C. The zero-order chi connectivity index (χ0) is 19.7. The van der Waals surface area contributed by atoms with Crippen LogP contribution in [-0.4, -0.2) is 34.1 Å². The number of non-ortho nitro benzene ring substituents is 1. The van der Waals surface area contributed by atoms with Gasteiger partial charge in [-0.15, -0.1) is 0 Å². The summed E-state index contributed by atoms with van der Waals surface area (Å²) in [6.45, 7) is 3.60. The maximum atomic E-state index is 12.6. The predicted molar refractivity (Wildman–Crippen MR) is 98.0 cm³/mol. The van der Waals surface area contributed by atoms with Gasteiger partial charge >= 0.3 is 5.97 Å². The number of hydrogen-bond acceptors (Lipinski definition) is 6. The summed E-state index contributed by atoms with van der Waals surface area (Å²) in [6, 6.07) is 7.34. The summed E-state index contributed by atoms with van der Waals surface area (Å²) in [7, 11) is 1.28. The number of anilines is 1. The van der Waals surface area contributed by atoms with Crippen LogP contribution in [0.3, 0.4) is 0 Å². The molecule has 9 nitrogen and oxygen atoms in total. The number of benzene rings is 2. The fourth-order valence-electron chi connectivity index (χ4n) is 2.73. The number of aryl methyl sites for hydroxylation is 1. The molecule has 0 radical (unpaired) electrons. The number of aromatic nitrogens is 2. The molecule has 27 heavy (non-hydrogen) atoms. The first kappa shape index (κ1) is 18.1. The number of hydrogen-bond donors (Lipinski definition) is 2. The van der Waals surface area contributed by atoms with Gasteiger partial charge in [-0.2, -0.15) is 5.10 Å². The minimum absolute atomic E-state index is 0.0200. The molecule has 2 N–H and O–H groups in total. The third-order valence-electron chi connectivity index (χ3n) is 4.30. The quantitative estimate of drug-likeness (QED) is 0.414. The Labute approximate surface area is 153 Å². The van der Waals surface area contributed by atoms with Crippen molar-refractivity contribution < 1.29 is 19.2 Å². The first-order valence-corrected chi connectivity index (χ1v) is 7.95. The van der Waals surface area contributed by atoms with E-state index in [0.717, 1.165) is 11.1 Å². The normalized spacial score (nSPS) is 10.6. The summed E-state index contributed by atoms with van der Waals surface area (Å²) in [4.78, 5) is 35.0. The van der Waals surface area contributed by atoms with Crippen LogP contribution in [0, 0.1) is 24.0 Å². The van der Waals surface area contributed by atoms with E-state index in [4.69, 9.17) is 4.74 Å². The molecule has 1 heterocycles. The average Bonchev–Trinajstić information content (AvgIpc) is 3.07. The Hall–Kier alpha value is -3.75. The Kier molecular flexibility index (Phi) is 4.59. The van der Waals surface area contributed by atoms with Crippen LogP contribution in [0.25, 0.3) is 10.9 Å². The number of fused-ring (bicyclic) bond motifs is 1. The molecule has 9 heteroatoms. The van der Waals surface area contributed by atoms with E-state index >= 15 is 0 Å². The Morgan fingerprint density at radius 1 is 1.22 bits per heavy atom. The number of rotatable bonds is 4. The lowest BCUT2D eigenvalue weighted by Crippen LogP contribution is -2.14. The third kappa shape index (κ3) is 3.34. The van der Waals surface area contributed by atoms with Gasteiger partial charge in [0.25, 0.3) is 11.6 Å². The number of nitrogens with one attached hydrogen (secondary N) is 2. The molecule has 1 aromatic heterocycles. The van der Waals surface area contributed by atoms with Crippen LogP contribution >= 0.6 is 0 Å². The van der Waals surface area contributed by atoms with Gasteiger partial charge in [0.05, 0.1) is 23.1 Å². The Balaban J connectivity index is 1.97. The van der Waals surface area contributed by atoms with Gasteiger partial charge in [-0.1, -0.05) is 0 Å². The van der Waals surface area contributed by atoms with Crippen molar-refractivity contribution in [3.05, 3.63) is 62.8 Å². The summed E-state index contributed by atoms with van der Waals surface area (Å²) in [5.74, 6) is -1.06. The van der Waals surface area contributed by atoms with E-state index in [1.165, 1.54) is 31.4 Å². The highest BCUT2D eigenvalue weighted by Crippen LogP contribution is 2.24. The number of nitro groups is 1. The molecule has 0 aliphatic carbocycles. The minimum atomic E-state index is -0.555. The van der Waals surface area contributed by atoms with Crippen molar-refractivity contribution >= 4 is 34.2 Å². The van der Waals surface area contributed by atoms with E-state index in [-0.39, 0.29) is 11.4 Å². The molecule has 3 rings (SSSR count). The van der Waals surface area contributed by atoms with E-state index in [9.17, 15) is 19.7 Å². The molecule has 0 spiro atoms. The van der Waals surface area contributed by atoms with Crippen molar-refractivity contribution in [2.24, 2.45) is 0 Å². The van der Waals surface area contributed by atoms with Crippen LogP contribution in [0.15, 0.2) is 30.3 Å². The maximum absolute atomic E-state index is 12.6. The van der Waals surface area contributed by atoms with Crippen LogP contribution < -0.4 is 5.32 Å². The number of nitrogens with zero attached hydrogens (tertiary/aromatic N) is 2. The highest BCUT2D eigenvalue weighted by Gasteiger charge is 2.19. The lowest BCUT2D eigenvalue weighted by Gasteiger charge is -2.11. The molecule has 1 amide bonds. The van der Waals surface area contributed by atoms with E-state index in [1.807, 2.05) is 6.92 Å². The molecular weight excluding hydrogens is 352 g/mol. The number of aromatic amines is 1. The number of nitro benzene ring substituents is 1. The Morgan fingerprint density at radius 3 is 2.63 bits per heavy atom. The van der Waals surface area contributed by atoms with Gasteiger partial charge in [0, 0.05) is 23.2 Å². The Morgan fingerprint density at radius 2 is 1.96 bits per heavy atom. The van der Waals surface area contributed by atoms with E-state index in [1.54, 1.807) is 13.0 Å². The monoisotopic (exact) mass is 368 g/mol. The average molecular weight is 368 g/mol. The molecule has 0 saturated carbocycles. The predicted octanol–water partition coefficient (Wildman–Crippen LogP) is 3.13. The molecule has 138 valence electrons. The molecule has 3 aromatic rings. The standard InChI is InChI=1S/C18H16N4O5/c1-9-6-11(7-13(10(9)2)18(24)27-3)19-17(23)16-14-8-12(22(25)26)4-5-15(14)20-21-16/h4-8H,1-3H3,(H,19,23)(H,20,21). The molecular formula is C18H16N4O5. The molecule has 0 unspecified atom stereocenters. The van der Waals surface area contributed by atoms with Crippen molar-refractivity contribution in [2.75, 3.05) is 12.4 Å². The van der Waals surface area contributed by atoms with Crippen molar-refractivity contribution in [2.45, 2.75) is 13.8 Å². The van der Waals surface area contributed by atoms with Gasteiger partial charge < -0.3 is 10.1 Å². The summed E-state index contributed by atoms with van der Waals surface area (Å²) >= 11 is 0. The lowest BCUT2D eigenvalue weighted by atomic mass is 10.0. The molecule has 0 fully saturated rings. The highest BCUT2D eigenvalue weighted by molar-refractivity contribution is 6.11. The van der Waals surface area contributed by atoms with Gasteiger partial charge in [-0.3, -0.25) is 20.0 Å². The molecule has 0 aliphatic rings. The molecule has 0 saturated heterocycles. The number of methoxy groups -OCH3 is 1. The fourth-order valence-corrected chi connectivity index (χ4v) is 2.73. The summed E-state index contributed by atoms with van der Waals surface area (Å²) in [5, 5.41) is 20.6. The second-order valence-electron chi connectivity index (χ2n) is 5.97. The molecule has 0 bridgehead atoms. The third-order valence-corrected chi connectivity index (χ3v) is 4.30. The molecule has 2 aromatic carbocycles. The van der Waals surface area contributed by atoms with Gasteiger partial charge in [-0.05, 0) is 43.2 Å². The Bertz CT molecular complexity index is 1090. The lowest BCUT2D eigenvalue weighted by molar-refractivity contribution is -0.384. The first-order chi connectivity index (χ1) is 12.8. The van der Waals surface area contributed by atoms with Gasteiger partial charge in [0.2, 0.25) is 0 Å². The van der Waals surface area contributed by atoms with Gasteiger partial charge in [-0.25, -0.2) is 4.79 Å². The van der Waals surface area contributed by atoms with E-state index in [2.05, 4.69) is 15.5 Å². The smallest absolute Gasteiger partial charge is 0.338 e. The zero-order valence-electron chi connectivity index (χ0n) is 14.8. The molecule has 0 aliphatic heterocycles. The van der Waals surface area contributed by atoms with Crippen molar-refractivity contribution in [1.82, 2.24) is 10.2 Å². The molecule has 0 atom stereocenters. The number of ether oxygens (including phenoxy) is 1. The van der Waals surface area contributed by atoms with Crippen LogP contribution in [0.1, 0.15) is 32.0 Å². The van der Waals surface area contributed by atoms with Crippen LogP contribution in [-0.2, 0) is 4.74 Å². The topological polar surface area (TPSA) is 127 Å². The summed E-state index contributed by atoms with van der Waals surface area (Å²) < 4.78 is 4.76. The van der Waals surface area contributed by atoms with Gasteiger partial charge in [0.1, 0.15) is 0 Å². The van der Waals surface area contributed by atoms with Crippen molar-refractivity contribution in [3.63, 3.8) is 0 Å². The number of esters is 1. The van der Waals surface area contributed by atoms with E-state index in [0.29, 0.717) is 22.2 Å². The van der Waals surface area contributed by atoms with E-state index < -0.39 is 16.8 Å². The number of carbonyl (C=O) groups excluding carboxylic acids is 2. The maximum Gasteiger partial charge on any atom is 0.338 e. The first-order valence-electron chi connectivity index (χ1n) is 7.95. The van der Waals surface area contributed by atoms with Crippen LogP contribution in [0.2, 0.25) is 0 Å². The second-order valence-corrected chi connectivity index (χ2v) is 5.97. The fraction of sp³-hybridized carbons (Fsp3) is 0.167. The van der Waals surface area contributed by atoms with Crippen molar-refractivity contribution in [3.8, 4) is 0 Å². The van der Waals surface area contributed by atoms with Crippen molar-refractivity contribution in [1.29, 1.82) is 0 Å². The van der Waals surface area contributed by atoms with Crippen LogP contribution in [0.4, 0.5) is 11.4 Å². The van der Waals surface area contributed by atoms with Crippen LogP contribution in [0.5, 0.6) is 0 Å². The summed E-state index contributed by atoms with van der Waals surface area (Å²) in [6.07, 6.45) is 0. The minimum Gasteiger partial charge on any atom is -0.465 e. The van der Waals surface area contributed by atoms with Gasteiger partial charge in [0.15, 0.2) is 5.69 Å². The second kappa shape index (κ2) is 6.87. The number of carbonyl (C=O) groups is 2. The number of H-pyrrole nitrogens is 1. The largest absolute Gasteiger partial charge is 0.465 e.